The molecule has 0 unspecified atom stereocenters. The summed E-state index contributed by atoms with van der Waals surface area (Å²) >= 11 is 0. The van der Waals surface area contributed by atoms with E-state index in [0.29, 0.717) is 24.5 Å². The molecule has 2 aromatic rings. The fraction of sp³-hybridized carbons (Fsp3) is 0.474. The summed E-state index contributed by atoms with van der Waals surface area (Å²) in [6.45, 7) is 1.11. The van der Waals surface area contributed by atoms with E-state index < -0.39 is 10.0 Å². The van der Waals surface area contributed by atoms with Crippen LogP contribution in [0.15, 0.2) is 33.7 Å². The van der Waals surface area contributed by atoms with E-state index in [-0.39, 0.29) is 10.8 Å². The van der Waals surface area contributed by atoms with E-state index in [1.54, 1.807) is 0 Å². The number of rotatable bonds is 4. The minimum atomic E-state index is -3.49. The Balaban J connectivity index is 1.48. The third-order valence-electron chi connectivity index (χ3n) is 5.26. The molecule has 8 heteroatoms. The zero-order valence-electron chi connectivity index (χ0n) is 15.1. The van der Waals surface area contributed by atoms with Crippen molar-refractivity contribution in [1.29, 1.82) is 0 Å². The topological polar surface area (TPSA) is 92.5 Å². The van der Waals surface area contributed by atoms with Gasteiger partial charge in [-0.3, -0.25) is 10.1 Å². The Labute approximate surface area is 158 Å². The van der Waals surface area contributed by atoms with Crippen LogP contribution in [0.5, 0.6) is 0 Å². The summed E-state index contributed by atoms with van der Waals surface area (Å²) in [6, 6.07) is 6.06. The number of anilines is 1. The van der Waals surface area contributed by atoms with Gasteiger partial charge in [0.1, 0.15) is 0 Å². The van der Waals surface area contributed by atoms with Gasteiger partial charge in [-0.05, 0) is 62.8 Å². The average Bonchev–Trinajstić information content (AvgIpc) is 3.12. The van der Waals surface area contributed by atoms with Crippen LogP contribution in [0.1, 0.15) is 53.7 Å². The highest BCUT2D eigenvalue weighted by atomic mass is 32.2. The lowest BCUT2D eigenvalue weighted by atomic mass is 9.97. The molecule has 1 N–H and O–H groups in total. The van der Waals surface area contributed by atoms with Gasteiger partial charge in [-0.2, -0.15) is 4.31 Å². The number of nitrogens with zero attached hydrogens (tertiary/aromatic N) is 2. The molecule has 4 rings (SSSR count). The average molecular weight is 389 g/mol. The highest BCUT2D eigenvalue weighted by molar-refractivity contribution is 7.89. The third kappa shape index (κ3) is 3.64. The van der Waals surface area contributed by atoms with Gasteiger partial charge in [-0.1, -0.05) is 11.6 Å². The Kier molecular flexibility index (Phi) is 5.01. The van der Waals surface area contributed by atoms with Crippen LogP contribution < -0.4 is 5.32 Å². The minimum Gasteiger partial charge on any atom is -0.338 e. The van der Waals surface area contributed by atoms with Crippen molar-refractivity contribution in [2.24, 2.45) is 0 Å². The van der Waals surface area contributed by atoms with Gasteiger partial charge < -0.3 is 4.52 Å². The molecule has 1 aromatic heterocycles. The van der Waals surface area contributed by atoms with Crippen molar-refractivity contribution in [2.45, 2.75) is 49.8 Å². The lowest BCUT2D eigenvalue weighted by Gasteiger charge is -2.25. The van der Waals surface area contributed by atoms with E-state index >= 15 is 0 Å². The predicted octanol–water partition coefficient (Wildman–Crippen LogP) is 2.98. The summed E-state index contributed by atoms with van der Waals surface area (Å²) in [7, 11) is -3.49. The fourth-order valence-electron chi connectivity index (χ4n) is 3.70. The van der Waals surface area contributed by atoms with Crippen molar-refractivity contribution >= 4 is 21.8 Å². The number of hydrogen-bond donors (Lipinski definition) is 1. The second-order valence-electron chi connectivity index (χ2n) is 7.09. The maximum absolute atomic E-state index is 12.7. The van der Waals surface area contributed by atoms with Gasteiger partial charge in [0.15, 0.2) is 0 Å². The van der Waals surface area contributed by atoms with E-state index in [4.69, 9.17) is 4.52 Å². The molecule has 1 amide bonds. The predicted molar refractivity (Wildman–Crippen MR) is 100 cm³/mol. The Bertz CT molecular complexity index is 928. The summed E-state index contributed by atoms with van der Waals surface area (Å²) in [5.74, 6) is 0.0705. The molecule has 144 valence electrons. The van der Waals surface area contributed by atoms with Crippen molar-refractivity contribution < 1.29 is 17.7 Å². The molecular weight excluding hydrogens is 366 g/mol. The second-order valence-corrected chi connectivity index (χ2v) is 9.03. The highest BCUT2D eigenvalue weighted by Crippen LogP contribution is 2.28. The van der Waals surface area contributed by atoms with E-state index in [1.807, 2.05) is 0 Å². The van der Waals surface area contributed by atoms with E-state index in [9.17, 15) is 13.2 Å². The lowest BCUT2D eigenvalue weighted by molar-refractivity contribution is 0.102. The van der Waals surface area contributed by atoms with Crippen LogP contribution in [0.3, 0.4) is 0 Å². The van der Waals surface area contributed by atoms with Crippen molar-refractivity contribution in [1.82, 2.24) is 9.46 Å². The van der Waals surface area contributed by atoms with Crippen LogP contribution in [-0.4, -0.2) is 36.9 Å². The first kappa shape index (κ1) is 18.2. The highest BCUT2D eigenvalue weighted by Gasteiger charge is 2.26. The number of aryl methyl sites for hydroxylation is 1. The van der Waals surface area contributed by atoms with Gasteiger partial charge in [-0.15, -0.1) is 0 Å². The molecule has 1 aliphatic heterocycles. The second kappa shape index (κ2) is 7.44. The van der Waals surface area contributed by atoms with E-state index in [0.717, 1.165) is 56.2 Å². The first-order valence-electron chi connectivity index (χ1n) is 9.45. The molecule has 0 bridgehead atoms. The number of nitrogens with one attached hydrogen (secondary N) is 1. The van der Waals surface area contributed by atoms with Crippen molar-refractivity contribution in [2.75, 3.05) is 18.4 Å². The third-order valence-corrected chi connectivity index (χ3v) is 7.17. The van der Waals surface area contributed by atoms with Crippen LogP contribution >= 0.6 is 0 Å². The molecule has 1 aliphatic carbocycles. The van der Waals surface area contributed by atoms with Crippen LogP contribution in [-0.2, 0) is 22.9 Å². The summed E-state index contributed by atoms with van der Waals surface area (Å²) in [4.78, 5) is 12.7. The molecular formula is C19H23N3O4S. The SMILES string of the molecule is O=C(Nc1onc2c1CCCC2)c1ccc(S(=O)(=O)N2CCCCC2)cc1. The Morgan fingerprint density at radius 2 is 1.70 bits per heavy atom. The molecule has 27 heavy (non-hydrogen) atoms. The molecule has 1 fully saturated rings. The lowest BCUT2D eigenvalue weighted by Crippen LogP contribution is -2.35. The number of carbonyl (C=O) groups is 1. The number of aromatic nitrogens is 1. The summed E-state index contributed by atoms with van der Waals surface area (Å²) in [6.07, 6.45) is 6.71. The van der Waals surface area contributed by atoms with Crippen LogP contribution in [0, 0.1) is 0 Å². The smallest absolute Gasteiger partial charge is 0.258 e. The number of hydrogen-bond acceptors (Lipinski definition) is 5. The van der Waals surface area contributed by atoms with Crippen molar-refractivity contribution in [3.63, 3.8) is 0 Å². The van der Waals surface area contributed by atoms with E-state index in [2.05, 4.69) is 10.5 Å². The normalized spacial score (nSPS) is 18.1. The molecule has 7 nitrogen and oxygen atoms in total. The molecule has 2 aliphatic rings. The van der Waals surface area contributed by atoms with Crippen LogP contribution in [0.2, 0.25) is 0 Å². The van der Waals surface area contributed by atoms with Gasteiger partial charge in [-0.25, -0.2) is 8.42 Å². The summed E-state index contributed by atoms with van der Waals surface area (Å²) < 4.78 is 32.2. The quantitative estimate of drug-likeness (QED) is 0.868. The van der Waals surface area contributed by atoms with Gasteiger partial charge in [0.25, 0.3) is 5.91 Å². The Morgan fingerprint density at radius 1 is 1.00 bits per heavy atom. The number of carbonyl (C=O) groups excluding carboxylic acids is 1. The molecule has 1 aromatic carbocycles. The Morgan fingerprint density at radius 3 is 2.44 bits per heavy atom. The maximum atomic E-state index is 12.7. The number of amides is 1. The van der Waals surface area contributed by atoms with Gasteiger partial charge >= 0.3 is 0 Å². The summed E-state index contributed by atoms with van der Waals surface area (Å²) in [5, 5.41) is 6.79. The zero-order valence-corrected chi connectivity index (χ0v) is 15.9. The largest absolute Gasteiger partial charge is 0.338 e. The maximum Gasteiger partial charge on any atom is 0.258 e. The molecule has 1 saturated heterocycles. The van der Waals surface area contributed by atoms with Gasteiger partial charge in [0.2, 0.25) is 15.9 Å². The molecule has 0 spiro atoms. The van der Waals surface area contributed by atoms with Gasteiger partial charge in [0, 0.05) is 24.2 Å². The monoisotopic (exact) mass is 389 g/mol. The number of piperidine rings is 1. The zero-order chi connectivity index (χ0) is 18.9. The first-order valence-corrected chi connectivity index (χ1v) is 10.9. The molecule has 2 heterocycles. The van der Waals surface area contributed by atoms with Gasteiger partial charge in [0.05, 0.1) is 10.6 Å². The molecule has 0 radical (unpaired) electrons. The standard InChI is InChI=1S/C19H23N3O4S/c23-18(20-19-16-6-2-3-7-17(16)21-26-19)14-8-10-15(11-9-14)27(24,25)22-12-4-1-5-13-22/h8-11H,1-7,12-13H2,(H,20,23). The Hall–Kier alpha value is -2.19. The number of sulfonamides is 1. The number of fused-ring (bicyclic) bond motifs is 1. The minimum absolute atomic E-state index is 0.220. The summed E-state index contributed by atoms with van der Waals surface area (Å²) in [5.41, 5.74) is 2.27. The van der Waals surface area contributed by atoms with Crippen LogP contribution in [0.4, 0.5) is 5.88 Å². The fourth-order valence-corrected chi connectivity index (χ4v) is 5.21. The first-order chi connectivity index (χ1) is 13.1. The van der Waals surface area contributed by atoms with Crippen molar-refractivity contribution in [3.8, 4) is 0 Å². The molecule has 0 saturated carbocycles. The molecule has 0 atom stereocenters. The number of benzene rings is 1. The van der Waals surface area contributed by atoms with Crippen LogP contribution in [0.25, 0.3) is 0 Å². The van der Waals surface area contributed by atoms with E-state index in [1.165, 1.54) is 28.6 Å². The van der Waals surface area contributed by atoms with Crippen molar-refractivity contribution in [3.05, 3.63) is 41.1 Å².